The Labute approximate surface area is 160 Å². The SMILES string of the molecule is CC(C)Nc1ccc(C(=O)N2CCN(C/C=C/c3ccccc3)CC2)nn1. The van der Waals surface area contributed by atoms with Gasteiger partial charge in [-0.2, -0.15) is 0 Å². The number of hydrogen-bond acceptors (Lipinski definition) is 5. The predicted molar refractivity (Wildman–Crippen MR) is 109 cm³/mol. The van der Waals surface area contributed by atoms with Gasteiger partial charge in [-0.15, -0.1) is 10.2 Å². The number of carbonyl (C=O) groups excluding carboxylic acids is 1. The number of aromatic nitrogens is 2. The van der Waals surface area contributed by atoms with Crippen molar-refractivity contribution in [1.29, 1.82) is 0 Å². The third-order valence-electron chi connectivity index (χ3n) is 4.45. The molecule has 1 N–H and O–H groups in total. The van der Waals surface area contributed by atoms with Crippen LogP contribution in [-0.4, -0.2) is 64.7 Å². The Morgan fingerprint density at radius 1 is 1.07 bits per heavy atom. The molecule has 1 aromatic carbocycles. The van der Waals surface area contributed by atoms with Crippen LogP contribution in [0.5, 0.6) is 0 Å². The van der Waals surface area contributed by atoms with Crippen LogP contribution in [0.25, 0.3) is 6.08 Å². The average Bonchev–Trinajstić information content (AvgIpc) is 2.69. The highest BCUT2D eigenvalue weighted by Crippen LogP contribution is 2.10. The third-order valence-corrected chi connectivity index (χ3v) is 4.45. The maximum Gasteiger partial charge on any atom is 0.274 e. The van der Waals surface area contributed by atoms with Crippen molar-refractivity contribution in [1.82, 2.24) is 20.0 Å². The zero-order valence-corrected chi connectivity index (χ0v) is 16.0. The molecule has 1 aliphatic rings. The Hall–Kier alpha value is -2.73. The number of piperazine rings is 1. The number of rotatable bonds is 6. The van der Waals surface area contributed by atoms with Crippen molar-refractivity contribution >= 4 is 17.8 Å². The van der Waals surface area contributed by atoms with Gasteiger partial charge < -0.3 is 10.2 Å². The first-order valence-electron chi connectivity index (χ1n) is 9.45. The lowest BCUT2D eigenvalue weighted by Crippen LogP contribution is -2.48. The summed E-state index contributed by atoms with van der Waals surface area (Å²) in [5.74, 6) is 0.648. The molecule has 0 unspecified atom stereocenters. The number of nitrogens with one attached hydrogen (secondary N) is 1. The molecule has 0 radical (unpaired) electrons. The standard InChI is InChI=1S/C21H27N5O/c1-17(2)22-20-11-10-19(23-24-20)21(27)26-15-13-25(14-16-26)12-6-9-18-7-4-3-5-8-18/h3-11,17H,12-16H2,1-2H3,(H,22,24)/b9-6+. The molecule has 2 heterocycles. The van der Waals surface area contributed by atoms with E-state index in [1.807, 2.05) is 43.0 Å². The summed E-state index contributed by atoms with van der Waals surface area (Å²) in [5, 5.41) is 11.3. The van der Waals surface area contributed by atoms with E-state index in [2.05, 4.69) is 44.7 Å². The first-order chi connectivity index (χ1) is 13.1. The van der Waals surface area contributed by atoms with Gasteiger partial charge in [0.05, 0.1) is 0 Å². The van der Waals surface area contributed by atoms with E-state index < -0.39 is 0 Å². The molecule has 0 atom stereocenters. The fourth-order valence-corrected chi connectivity index (χ4v) is 3.02. The molecule has 0 spiro atoms. The average molecular weight is 365 g/mol. The molecule has 1 aromatic heterocycles. The van der Waals surface area contributed by atoms with Crippen LogP contribution in [0.3, 0.4) is 0 Å². The first-order valence-corrected chi connectivity index (χ1v) is 9.45. The van der Waals surface area contributed by atoms with Crippen LogP contribution in [-0.2, 0) is 0 Å². The molecule has 6 nitrogen and oxygen atoms in total. The van der Waals surface area contributed by atoms with E-state index in [4.69, 9.17) is 0 Å². The van der Waals surface area contributed by atoms with Gasteiger partial charge >= 0.3 is 0 Å². The molecule has 1 fully saturated rings. The number of amides is 1. The van der Waals surface area contributed by atoms with Crippen LogP contribution in [0.15, 0.2) is 48.5 Å². The minimum atomic E-state index is -0.0434. The van der Waals surface area contributed by atoms with Crippen LogP contribution in [0.1, 0.15) is 29.9 Å². The van der Waals surface area contributed by atoms with Gasteiger partial charge in [-0.3, -0.25) is 9.69 Å². The van der Waals surface area contributed by atoms with Gasteiger partial charge in [0.15, 0.2) is 5.69 Å². The summed E-state index contributed by atoms with van der Waals surface area (Å²) in [5.41, 5.74) is 1.61. The predicted octanol–water partition coefficient (Wildman–Crippen LogP) is 2.77. The summed E-state index contributed by atoms with van der Waals surface area (Å²) in [4.78, 5) is 16.8. The van der Waals surface area contributed by atoms with Crippen LogP contribution >= 0.6 is 0 Å². The molecule has 0 saturated carbocycles. The molecule has 1 aliphatic heterocycles. The summed E-state index contributed by atoms with van der Waals surface area (Å²) in [6.45, 7) is 8.13. The Kier molecular flexibility index (Phi) is 6.54. The molecule has 1 saturated heterocycles. The third kappa shape index (κ3) is 5.62. The molecular weight excluding hydrogens is 338 g/mol. The van der Waals surface area contributed by atoms with Crippen LogP contribution in [0.2, 0.25) is 0 Å². The fourth-order valence-electron chi connectivity index (χ4n) is 3.02. The molecule has 1 amide bonds. The highest BCUT2D eigenvalue weighted by Gasteiger charge is 2.22. The maximum atomic E-state index is 12.6. The number of hydrogen-bond donors (Lipinski definition) is 1. The molecule has 0 aliphatic carbocycles. The van der Waals surface area contributed by atoms with Gasteiger partial charge in [-0.25, -0.2) is 0 Å². The fraction of sp³-hybridized carbons (Fsp3) is 0.381. The van der Waals surface area contributed by atoms with E-state index in [0.29, 0.717) is 24.6 Å². The van der Waals surface area contributed by atoms with Crippen molar-refractivity contribution in [2.45, 2.75) is 19.9 Å². The summed E-state index contributed by atoms with van der Waals surface area (Å²) < 4.78 is 0. The number of nitrogens with zero attached hydrogens (tertiary/aromatic N) is 4. The van der Waals surface area contributed by atoms with Gasteiger partial charge in [0.25, 0.3) is 5.91 Å². The topological polar surface area (TPSA) is 61.4 Å². The monoisotopic (exact) mass is 365 g/mol. The van der Waals surface area contributed by atoms with E-state index in [9.17, 15) is 4.79 Å². The Bertz CT molecular complexity index is 750. The van der Waals surface area contributed by atoms with Crippen LogP contribution < -0.4 is 5.32 Å². The van der Waals surface area contributed by atoms with Crippen molar-refractivity contribution in [2.24, 2.45) is 0 Å². The van der Waals surface area contributed by atoms with Gasteiger partial charge in [-0.05, 0) is 31.5 Å². The molecule has 2 aromatic rings. The van der Waals surface area contributed by atoms with E-state index in [1.54, 1.807) is 6.07 Å². The summed E-state index contributed by atoms with van der Waals surface area (Å²) in [6.07, 6.45) is 4.32. The summed E-state index contributed by atoms with van der Waals surface area (Å²) >= 11 is 0. The maximum absolute atomic E-state index is 12.6. The molecular formula is C21H27N5O. The summed E-state index contributed by atoms with van der Waals surface area (Å²) in [7, 11) is 0. The van der Waals surface area contributed by atoms with Crippen molar-refractivity contribution in [3.8, 4) is 0 Å². The number of anilines is 1. The van der Waals surface area contributed by atoms with Gasteiger partial charge in [-0.1, -0.05) is 42.5 Å². The molecule has 3 rings (SSSR count). The van der Waals surface area contributed by atoms with E-state index in [0.717, 1.165) is 19.6 Å². The first kappa shape index (κ1) is 19.0. The Morgan fingerprint density at radius 2 is 1.81 bits per heavy atom. The van der Waals surface area contributed by atoms with Gasteiger partial charge in [0.1, 0.15) is 5.82 Å². The molecule has 6 heteroatoms. The molecule has 0 bridgehead atoms. The zero-order valence-electron chi connectivity index (χ0n) is 16.0. The van der Waals surface area contributed by atoms with Crippen molar-refractivity contribution in [2.75, 3.05) is 38.0 Å². The summed E-state index contributed by atoms with van der Waals surface area (Å²) in [6, 6.07) is 14.1. The highest BCUT2D eigenvalue weighted by molar-refractivity contribution is 5.92. The quantitative estimate of drug-likeness (QED) is 0.853. The second kappa shape index (κ2) is 9.28. The van der Waals surface area contributed by atoms with Crippen LogP contribution in [0.4, 0.5) is 5.82 Å². The number of carbonyl (C=O) groups is 1. The lowest BCUT2D eigenvalue weighted by atomic mass is 10.2. The zero-order chi connectivity index (χ0) is 19.1. The van der Waals surface area contributed by atoms with E-state index in [-0.39, 0.29) is 11.9 Å². The Morgan fingerprint density at radius 3 is 2.44 bits per heavy atom. The minimum Gasteiger partial charge on any atom is -0.366 e. The normalized spacial score (nSPS) is 15.4. The Balaban J connectivity index is 1.47. The van der Waals surface area contributed by atoms with Gasteiger partial charge in [0.2, 0.25) is 0 Å². The largest absolute Gasteiger partial charge is 0.366 e. The number of benzene rings is 1. The second-order valence-electron chi connectivity index (χ2n) is 7.01. The molecule has 27 heavy (non-hydrogen) atoms. The lowest BCUT2D eigenvalue weighted by Gasteiger charge is -2.33. The molecule has 142 valence electrons. The van der Waals surface area contributed by atoms with Gasteiger partial charge in [0, 0.05) is 38.8 Å². The van der Waals surface area contributed by atoms with Crippen molar-refractivity contribution in [3.63, 3.8) is 0 Å². The smallest absolute Gasteiger partial charge is 0.274 e. The lowest BCUT2D eigenvalue weighted by molar-refractivity contribution is 0.0643. The van der Waals surface area contributed by atoms with Crippen molar-refractivity contribution < 1.29 is 4.79 Å². The second-order valence-corrected chi connectivity index (χ2v) is 7.01. The van der Waals surface area contributed by atoms with Crippen molar-refractivity contribution in [3.05, 3.63) is 59.8 Å². The van der Waals surface area contributed by atoms with Crippen LogP contribution in [0, 0.1) is 0 Å². The van der Waals surface area contributed by atoms with E-state index >= 15 is 0 Å². The van der Waals surface area contributed by atoms with E-state index in [1.165, 1.54) is 5.56 Å². The highest BCUT2D eigenvalue weighted by atomic mass is 16.2. The minimum absolute atomic E-state index is 0.0434.